The van der Waals surface area contributed by atoms with E-state index in [1.54, 1.807) is 12.4 Å². The van der Waals surface area contributed by atoms with Crippen molar-refractivity contribution in [3.8, 4) is 0 Å². The van der Waals surface area contributed by atoms with Gasteiger partial charge in [0.15, 0.2) is 0 Å². The fraction of sp³-hybridized carbons (Fsp3) is 0.500. The first kappa shape index (κ1) is 17.9. The standard InChI is InChI=1S/C20H25N5O2/c1-15-4-5-16(13-22-15)12-19(26)25-10-11-27-18(14-25)17-6-7-21-20(23-17)24-8-2-3-9-24/h4-7,13,18H,2-3,8-12,14H2,1H3/t18-/m0/s1. The van der Waals surface area contributed by atoms with Crippen LogP contribution in [0.1, 0.15) is 35.9 Å². The maximum atomic E-state index is 12.7. The lowest BCUT2D eigenvalue weighted by molar-refractivity contribution is -0.138. The molecule has 1 amide bonds. The summed E-state index contributed by atoms with van der Waals surface area (Å²) in [7, 11) is 0. The monoisotopic (exact) mass is 367 g/mol. The minimum Gasteiger partial charge on any atom is -0.368 e. The van der Waals surface area contributed by atoms with Crippen LogP contribution in [0.4, 0.5) is 5.95 Å². The highest BCUT2D eigenvalue weighted by Gasteiger charge is 2.27. The van der Waals surface area contributed by atoms with Crippen molar-refractivity contribution < 1.29 is 9.53 Å². The first-order valence-corrected chi connectivity index (χ1v) is 9.58. The molecule has 0 bridgehead atoms. The SMILES string of the molecule is Cc1ccc(CC(=O)N2CCO[C@H](c3ccnc(N4CCCC4)n3)C2)cn1. The second kappa shape index (κ2) is 8.00. The molecule has 0 aromatic carbocycles. The van der Waals surface area contributed by atoms with Gasteiger partial charge in [-0.3, -0.25) is 9.78 Å². The first-order chi connectivity index (χ1) is 13.2. The Morgan fingerprint density at radius 3 is 2.81 bits per heavy atom. The number of nitrogens with zero attached hydrogens (tertiary/aromatic N) is 5. The lowest BCUT2D eigenvalue weighted by Crippen LogP contribution is -2.43. The van der Waals surface area contributed by atoms with Gasteiger partial charge < -0.3 is 14.5 Å². The second-order valence-electron chi connectivity index (χ2n) is 7.16. The van der Waals surface area contributed by atoms with Crippen molar-refractivity contribution in [1.82, 2.24) is 19.9 Å². The van der Waals surface area contributed by atoms with Crippen LogP contribution in [-0.4, -0.2) is 58.5 Å². The van der Waals surface area contributed by atoms with E-state index in [0.717, 1.165) is 36.0 Å². The smallest absolute Gasteiger partial charge is 0.227 e. The van der Waals surface area contributed by atoms with Crippen molar-refractivity contribution in [3.05, 3.63) is 47.5 Å². The Bertz CT molecular complexity index is 789. The van der Waals surface area contributed by atoms with Crippen LogP contribution in [0, 0.1) is 6.92 Å². The highest BCUT2D eigenvalue weighted by atomic mass is 16.5. The number of hydrogen-bond donors (Lipinski definition) is 0. The minimum absolute atomic E-state index is 0.0998. The average molecular weight is 367 g/mol. The Morgan fingerprint density at radius 2 is 2.04 bits per heavy atom. The highest BCUT2D eigenvalue weighted by molar-refractivity contribution is 5.78. The van der Waals surface area contributed by atoms with Crippen LogP contribution in [0.15, 0.2) is 30.6 Å². The third kappa shape index (κ3) is 4.24. The summed E-state index contributed by atoms with van der Waals surface area (Å²) in [6.45, 7) is 5.60. The fourth-order valence-electron chi connectivity index (χ4n) is 3.55. The number of amides is 1. The molecule has 2 saturated heterocycles. The molecule has 7 heteroatoms. The molecule has 2 aromatic rings. The molecular weight excluding hydrogens is 342 g/mol. The third-order valence-corrected chi connectivity index (χ3v) is 5.13. The van der Waals surface area contributed by atoms with E-state index in [0.29, 0.717) is 26.1 Å². The van der Waals surface area contributed by atoms with Crippen molar-refractivity contribution >= 4 is 11.9 Å². The van der Waals surface area contributed by atoms with Gasteiger partial charge in [0.2, 0.25) is 11.9 Å². The van der Waals surface area contributed by atoms with Gasteiger partial charge in [0.25, 0.3) is 0 Å². The molecule has 0 spiro atoms. The number of hydrogen-bond acceptors (Lipinski definition) is 6. The zero-order chi connectivity index (χ0) is 18.6. The number of carbonyl (C=O) groups is 1. The molecule has 0 radical (unpaired) electrons. The Hall–Kier alpha value is -2.54. The predicted octanol–water partition coefficient (Wildman–Crippen LogP) is 1.92. The molecule has 142 valence electrons. The first-order valence-electron chi connectivity index (χ1n) is 9.58. The van der Waals surface area contributed by atoms with Gasteiger partial charge in [-0.25, -0.2) is 9.97 Å². The quantitative estimate of drug-likeness (QED) is 0.822. The van der Waals surface area contributed by atoms with Crippen LogP contribution < -0.4 is 4.90 Å². The van der Waals surface area contributed by atoms with E-state index in [1.165, 1.54) is 12.8 Å². The van der Waals surface area contributed by atoms with Crippen molar-refractivity contribution in [2.45, 2.75) is 32.3 Å². The number of pyridine rings is 1. The van der Waals surface area contributed by atoms with Crippen molar-refractivity contribution in [2.24, 2.45) is 0 Å². The van der Waals surface area contributed by atoms with Crippen molar-refractivity contribution in [2.75, 3.05) is 37.7 Å². The zero-order valence-corrected chi connectivity index (χ0v) is 15.7. The van der Waals surface area contributed by atoms with Gasteiger partial charge in [-0.05, 0) is 37.5 Å². The Morgan fingerprint density at radius 1 is 1.19 bits per heavy atom. The molecule has 0 aliphatic carbocycles. The number of anilines is 1. The summed E-state index contributed by atoms with van der Waals surface area (Å²) < 4.78 is 5.91. The van der Waals surface area contributed by atoms with Crippen LogP contribution in [0.2, 0.25) is 0 Å². The lowest BCUT2D eigenvalue weighted by atomic mass is 10.1. The van der Waals surface area contributed by atoms with Crippen molar-refractivity contribution in [1.29, 1.82) is 0 Å². The van der Waals surface area contributed by atoms with Crippen LogP contribution in [0.5, 0.6) is 0 Å². The zero-order valence-electron chi connectivity index (χ0n) is 15.7. The Kier molecular flexibility index (Phi) is 5.29. The van der Waals surface area contributed by atoms with E-state index in [-0.39, 0.29) is 12.0 Å². The summed E-state index contributed by atoms with van der Waals surface area (Å²) >= 11 is 0. The van der Waals surface area contributed by atoms with Gasteiger partial charge in [0, 0.05) is 37.7 Å². The van der Waals surface area contributed by atoms with Gasteiger partial charge >= 0.3 is 0 Å². The number of aryl methyl sites for hydroxylation is 1. The minimum atomic E-state index is -0.205. The van der Waals surface area contributed by atoms with Crippen LogP contribution in [-0.2, 0) is 16.0 Å². The number of aromatic nitrogens is 3. The van der Waals surface area contributed by atoms with E-state index >= 15 is 0 Å². The van der Waals surface area contributed by atoms with E-state index in [1.807, 2.05) is 30.0 Å². The summed E-state index contributed by atoms with van der Waals surface area (Å²) in [4.78, 5) is 30.2. The molecule has 2 aromatic heterocycles. The predicted molar refractivity (Wildman–Crippen MR) is 101 cm³/mol. The van der Waals surface area contributed by atoms with Crippen LogP contribution in [0.25, 0.3) is 0 Å². The summed E-state index contributed by atoms with van der Waals surface area (Å²) in [6.07, 6.45) is 6.09. The number of carbonyl (C=O) groups excluding carboxylic acids is 1. The lowest BCUT2D eigenvalue weighted by Gasteiger charge is -2.33. The molecule has 27 heavy (non-hydrogen) atoms. The third-order valence-electron chi connectivity index (χ3n) is 5.13. The number of morpholine rings is 1. The van der Waals surface area contributed by atoms with Gasteiger partial charge in [0.05, 0.1) is 25.3 Å². The molecule has 4 heterocycles. The largest absolute Gasteiger partial charge is 0.368 e. The summed E-state index contributed by atoms with van der Waals surface area (Å²) in [5, 5.41) is 0. The van der Waals surface area contributed by atoms with Gasteiger partial charge in [-0.1, -0.05) is 6.07 Å². The molecule has 2 fully saturated rings. The number of ether oxygens (including phenoxy) is 1. The van der Waals surface area contributed by atoms with E-state index in [4.69, 9.17) is 9.72 Å². The number of rotatable bonds is 4. The molecule has 2 aliphatic heterocycles. The molecule has 1 atom stereocenters. The molecule has 7 nitrogen and oxygen atoms in total. The second-order valence-corrected chi connectivity index (χ2v) is 7.16. The molecule has 0 saturated carbocycles. The average Bonchev–Trinajstić information content (AvgIpc) is 3.25. The fourth-order valence-corrected chi connectivity index (χ4v) is 3.55. The van der Waals surface area contributed by atoms with E-state index in [9.17, 15) is 4.79 Å². The van der Waals surface area contributed by atoms with Crippen molar-refractivity contribution in [3.63, 3.8) is 0 Å². The maximum Gasteiger partial charge on any atom is 0.227 e. The summed E-state index contributed by atoms with van der Waals surface area (Å²) in [5.41, 5.74) is 2.74. The highest BCUT2D eigenvalue weighted by Crippen LogP contribution is 2.23. The molecule has 0 unspecified atom stereocenters. The summed E-state index contributed by atoms with van der Waals surface area (Å²) in [6, 6.07) is 5.79. The molecular formula is C20H25N5O2. The van der Waals surface area contributed by atoms with Gasteiger partial charge in [-0.15, -0.1) is 0 Å². The summed E-state index contributed by atoms with van der Waals surface area (Å²) in [5.74, 6) is 0.866. The normalized spacial score (nSPS) is 20.1. The Labute approximate surface area is 159 Å². The van der Waals surface area contributed by atoms with E-state index in [2.05, 4.69) is 14.9 Å². The molecule has 2 aliphatic rings. The molecule has 0 N–H and O–H groups in total. The van der Waals surface area contributed by atoms with Crippen LogP contribution in [0.3, 0.4) is 0 Å². The molecule has 4 rings (SSSR count). The van der Waals surface area contributed by atoms with Gasteiger partial charge in [-0.2, -0.15) is 0 Å². The van der Waals surface area contributed by atoms with Gasteiger partial charge in [0.1, 0.15) is 6.10 Å². The van der Waals surface area contributed by atoms with E-state index < -0.39 is 0 Å². The Balaban J connectivity index is 1.42. The maximum absolute atomic E-state index is 12.7. The van der Waals surface area contributed by atoms with Crippen LogP contribution >= 0.6 is 0 Å². The topological polar surface area (TPSA) is 71.5 Å².